The van der Waals surface area contributed by atoms with Gasteiger partial charge in [0, 0.05) is 42.7 Å². The zero-order chi connectivity index (χ0) is 15.2. The molecule has 1 heterocycles. The maximum Gasteiger partial charge on any atom is 0.123 e. The number of nitrogens with zero attached hydrogens (tertiary/aromatic N) is 1. The highest BCUT2D eigenvalue weighted by atomic mass is 35.5. The van der Waals surface area contributed by atoms with E-state index in [0.29, 0.717) is 5.92 Å². The molecule has 6 heteroatoms. The molecule has 1 aromatic rings. The lowest BCUT2D eigenvalue weighted by Crippen LogP contribution is -2.34. The Bertz CT molecular complexity index is 457. The lowest BCUT2D eigenvalue weighted by atomic mass is 9.93. The third-order valence-corrected chi connectivity index (χ3v) is 4.14. The molecule has 0 aromatic heterocycles. The van der Waals surface area contributed by atoms with Gasteiger partial charge in [0.25, 0.3) is 0 Å². The van der Waals surface area contributed by atoms with Gasteiger partial charge in [-0.05, 0) is 32.3 Å². The van der Waals surface area contributed by atoms with Crippen LogP contribution >= 0.6 is 11.6 Å². The number of likely N-dealkylation sites (N-methyl/N-ethyl adjacent to an activating group) is 2. The van der Waals surface area contributed by atoms with Crippen molar-refractivity contribution in [2.75, 3.05) is 47.4 Å². The number of methoxy groups -OCH3 is 1. The van der Waals surface area contributed by atoms with Crippen LogP contribution in [-0.2, 0) is 0 Å². The molecule has 1 aliphatic rings. The van der Waals surface area contributed by atoms with Crippen LogP contribution in [0.4, 0.5) is 0 Å². The van der Waals surface area contributed by atoms with E-state index in [-0.39, 0.29) is 6.04 Å². The normalized spacial score (nSPS) is 22.0. The number of ether oxygens (including phenoxy) is 1. The Morgan fingerprint density at radius 1 is 1.48 bits per heavy atom. The second-order valence-corrected chi connectivity index (χ2v) is 5.95. The molecule has 1 aromatic carbocycles. The van der Waals surface area contributed by atoms with Crippen LogP contribution < -0.4 is 20.9 Å². The Morgan fingerprint density at radius 2 is 2.29 bits per heavy atom. The minimum Gasteiger partial charge on any atom is -0.496 e. The first-order valence-corrected chi connectivity index (χ1v) is 7.68. The van der Waals surface area contributed by atoms with Gasteiger partial charge in [0.15, 0.2) is 0 Å². The number of halogens is 1. The smallest absolute Gasteiger partial charge is 0.123 e. The zero-order valence-corrected chi connectivity index (χ0v) is 13.7. The summed E-state index contributed by atoms with van der Waals surface area (Å²) in [5.74, 6) is 1.35. The maximum absolute atomic E-state index is 6.15. The summed E-state index contributed by atoms with van der Waals surface area (Å²) in [6.07, 6.45) is 0. The molecule has 1 saturated heterocycles. The van der Waals surface area contributed by atoms with Gasteiger partial charge in [0.2, 0.25) is 0 Å². The maximum atomic E-state index is 6.15. The lowest BCUT2D eigenvalue weighted by Gasteiger charge is -2.25. The second kappa shape index (κ2) is 7.96. The number of hydrogen-bond acceptors (Lipinski definition) is 5. The van der Waals surface area contributed by atoms with Crippen LogP contribution in [-0.4, -0.2) is 52.3 Å². The van der Waals surface area contributed by atoms with Crippen LogP contribution in [0.1, 0.15) is 11.6 Å². The predicted molar refractivity (Wildman–Crippen MR) is 86.8 cm³/mol. The van der Waals surface area contributed by atoms with Crippen molar-refractivity contribution in [2.24, 2.45) is 5.92 Å². The molecule has 2 atom stereocenters. The molecule has 0 bridgehead atoms. The average Bonchev–Trinajstić information content (AvgIpc) is 2.93. The molecule has 0 saturated carbocycles. The SMILES string of the molecule is CNCCN(C)CC1CNNC1c1cc(Cl)ccc1OC. The minimum absolute atomic E-state index is 0.204. The van der Waals surface area contributed by atoms with Gasteiger partial charge in [-0.3, -0.25) is 5.43 Å². The fraction of sp³-hybridized carbons (Fsp3) is 0.600. The number of hydrazine groups is 1. The summed E-state index contributed by atoms with van der Waals surface area (Å²) in [6, 6.07) is 5.99. The summed E-state index contributed by atoms with van der Waals surface area (Å²) in [5, 5.41) is 3.92. The van der Waals surface area contributed by atoms with E-state index in [9.17, 15) is 0 Å². The Hall–Kier alpha value is -0.850. The first kappa shape index (κ1) is 16.5. The molecule has 3 N–H and O–H groups in total. The van der Waals surface area contributed by atoms with Gasteiger partial charge in [-0.25, -0.2) is 5.43 Å². The molecule has 0 spiro atoms. The van der Waals surface area contributed by atoms with Crippen LogP contribution in [0.15, 0.2) is 18.2 Å². The van der Waals surface area contributed by atoms with Gasteiger partial charge in [-0.2, -0.15) is 0 Å². The first-order valence-electron chi connectivity index (χ1n) is 7.30. The number of hydrogen-bond donors (Lipinski definition) is 3. The molecule has 0 amide bonds. The van der Waals surface area contributed by atoms with Crippen molar-refractivity contribution in [1.29, 1.82) is 0 Å². The quantitative estimate of drug-likeness (QED) is 0.708. The van der Waals surface area contributed by atoms with Crippen LogP contribution in [0.25, 0.3) is 0 Å². The van der Waals surface area contributed by atoms with E-state index in [0.717, 1.165) is 42.5 Å². The molecule has 0 aliphatic carbocycles. The average molecular weight is 313 g/mol. The number of benzene rings is 1. The van der Waals surface area contributed by atoms with E-state index < -0.39 is 0 Å². The van der Waals surface area contributed by atoms with Crippen LogP contribution in [0.2, 0.25) is 5.02 Å². The van der Waals surface area contributed by atoms with Crippen molar-refractivity contribution in [2.45, 2.75) is 6.04 Å². The molecule has 21 heavy (non-hydrogen) atoms. The monoisotopic (exact) mass is 312 g/mol. The fourth-order valence-electron chi connectivity index (χ4n) is 2.78. The van der Waals surface area contributed by atoms with E-state index in [2.05, 4.69) is 28.1 Å². The van der Waals surface area contributed by atoms with Crippen molar-refractivity contribution in [1.82, 2.24) is 21.1 Å². The summed E-state index contributed by atoms with van der Waals surface area (Å²) in [4.78, 5) is 2.35. The van der Waals surface area contributed by atoms with Gasteiger partial charge in [0.05, 0.1) is 13.2 Å². The number of rotatable bonds is 7. The highest BCUT2D eigenvalue weighted by Crippen LogP contribution is 2.34. The largest absolute Gasteiger partial charge is 0.496 e. The van der Waals surface area contributed by atoms with E-state index in [4.69, 9.17) is 16.3 Å². The predicted octanol–water partition coefficient (Wildman–Crippen LogP) is 1.26. The Morgan fingerprint density at radius 3 is 3.00 bits per heavy atom. The van der Waals surface area contributed by atoms with Gasteiger partial charge in [0.1, 0.15) is 5.75 Å². The lowest BCUT2D eigenvalue weighted by molar-refractivity contribution is 0.268. The summed E-state index contributed by atoms with van der Waals surface area (Å²) >= 11 is 6.15. The van der Waals surface area contributed by atoms with E-state index in [1.165, 1.54) is 0 Å². The molecular weight excluding hydrogens is 288 g/mol. The fourth-order valence-corrected chi connectivity index (χ4v) is 2.96. The van der Waals surface area contributed by atoms with Crippen LogP contribution in [0.3, 0.4) is 0 Å². The van der Waals surface area contributed by atoms with Gasteiger partial charge >= 0.3 is 0 Å². The molecule has 1 fully saturated rings. The van der Waals surface area contributed by atoms with Gasteiger partial charge in [-0.1, -0.05) is 11.6 Å². The van der Waals surface area contributed by atoms with Gasteiger partial charge < -0.3 is 15.0 Å². The Balaban J connectivity index is 2.09. The Kier molecular flexibility index (Phi) is 6.26. The summed E-state index contributed by atoms with van der Waals surface area (Å²) in [6.45, 7) is 3.98. The minimum atomic E-state index is 0.204. The highest BCUT2D eigenvalue weighted by molar-refractivity contribution is 6.30. The van der Waals surface area contributed by atoms with Crippen molar-refractivity contribution in [3.8, 4) is 5.75 Å². The first-order chi connectivity index (χ1) is 10.2. The third-order valence-electron chi connectivity index (χ3n) is 3.91. The molecule has 118 valence electrons. The van der Waals surface area contributed by atoms with Crippen molar-refractivity contribution in [3.63, 3.8) is 0 Å². The standard InChI is InChI=1S/C15H25ClN4O/c1-17-6-7-20(2)10-11-9-18-19-15(11)13-8-12(16)4-5-14(13)21-3/h4-5,8,11,15,17-19H,6-7,9-10H2,1-3H3. The molecule has 0 radical (unpaired) electrons. The molecule has 2 rings (SSSR count). The van der Waals surface area contributed by atoms with E-state index in [1.54, 1.807) is 7.11 Å². The third kappa shape index (κ3) is 4.31. The molecule has 1 aliphatic heterocycles. The molecule has 2 unspecified atom stereocenters. The highest BCUT2D eigenvalue weighted by Gasteiger charge is 2.31. The van der Waals surface area contributed by atoms with Crippen molar-refractivity contribution < 1.29 is 4.74 Å². The molecular formula is C15H25ClN4O. The van der Waals surface area contributed by atoms with Crippen LogP contribution in [0, 0.1) is 5.92 Å². The van der Waals surface area contributed by atoms with Crippen molar-refractivity contribution in [3.05, 3.63) is 28.8 Å². The van der Waals surface area contributed by atoms with Gasteiger partial charge in [-0.15, -0.1) is 0 Å². The van der Waals surface area contributed by atoms with Crippen LogP contribution in [0.5, 0.6) is 5.75 Å². The van der Waals surface area contributed by atoms with E-state index >= 15 is 0 Å². The van der Waals surface area contributed by atoms with E-state index in [1.807, 2.05) is 25.2 Å². The molecule has 5 nitrogen and oxygen atoms in total. The number of nitrogens with one attached hydrogen (secondary N) is 3. The van der Waals surface area contributed by atoms with Crippen molar-refractivity contribution >= 4 is 11.6 Å². The second-order valence-electron chi connectivity index (χ2n) is 5.52. The summed E-state index contributed by atoms with van der Waals surface area (Å²) in [7, 11) is 5.83. The topological polar surface area (TPSA) is 48.6 Å². The summed E-state index contributed by atoms with van der Waals surface area (Å²) in [5.41, 5.74) is 7.73. The Labute approximate surface area is 132 Å². The summed E-state index contributed by atoms with van der Waals surface area (Å²) < 4.78 is 5.48. The zero-order valence-electron chi connectivity index (χ0n) is 12.9.